The highest BCUT2D eigenvalue weighted by Gasteiger charge is 2.39. The third-order valence-corrected chi connectivity index (χ3v) is 2.03. The van der Waals surface area contributed by atoms with E-state index in [1.54, 1.807) is 11.9 Å². The summed E-state index contributed by atoms with van der Waals surface area (Å²) in [6.07, 6.45) is -0.285. The summed E-state index contributed by atoms with van der Waals surface area (Å²) < 4.78 is 5.34. The van der Waals surface area contributed by atoms with Gasteiger partial charge < -0.3 is 9.64 Å². The van der Waals surface area contributed by atoms with Gasteiger partial charge >= 0.3 is 0 Å². The number of hydrazone groups is 1. The van der Waals surface area contributed by atoms with Crippen molar-refractivity contribution in [3.63, 3.8) is 0 Å². The Labute approximate surface area is 79.8 Å². The van der Waals surface area contributed by atoms with Crippen LogP contribution in [0.3, 0.4) is 0 Å². The van der Waals surface area contributed by atoms with Crippen LogP contribution in [0.15, 0.2) is 5.10 Å². The van der Waals surface area contributed by atoms with Gasteiger partial charge in [0.05, 0.1) is 19.8 Å². The second-order valence-electron chi connectivity index (χ2n) is 3.00. The minimum atomic E-state index is -0.744. The van der Waals surface area contributed by atoms with Gasteiger partial charge in [-0.05, 0) is 0 Å². The van der Waals surface area contributed by atoms with Gasteiger partial charge in [-0.1, -0.05) is 0 Å². The van der Waals surface area contributed by atoms with Crippen LogP contribution >= 0.6 is 0 Å². The first-order chi connectivity index (χ1) is 6.68. The number of guanidine groups is 1. The first-order valence-corrected chi connectivity index (χ1v) is 4.16. The lowest BCUT2D eigenvalue weighted by Gasteiger charge is -2.27. The topological polar surface area (TPSA) is 80.4 Å². The fourth-order valence-electron chi connectivity index (χ4n) is 1.46. The normalized spacial score (nSPS) is 29.5. The van der Waals surface area contributed by atoms with Crippen LogP contribution in [0.25, 0.3) is 0 Å². The van der Waals surface area contributed by atoms with Crippen molar-refractivity contribution >= 4 is 5.96 Å². The Morgan fingerprint density at radius 1 is 1.64 bits per heavy atom. The highest BCUT2D eigenvalue weighted by atomic mass is 16.7. The predicted molar refractivity (Wildman–Crippen MR) is 44.6 cm³/mol. The molecule has 8 nitrogen and oxygen atoms in total. The van der Waals surface area contributed by atoms with Gasteiger partial charge in [-0.25, -0.2) is 10.1 Å². The zero-order chi connectivity index (χ0) is 10.1. The van der Waals surface area contributed by atoms with Crippen LogP contribution in [0.2, 0.25) is 0 Å². The molecule has 14 heavy (non-hydrogen) atoms. The van der Waals surface area contributed by atoms with E-state index in [2.05, 4.69) is 5.10 Å². The van der Waals surface area contributed by atoms with E-state index >= 15 is 0 Å². The largest absolute Gasteiger partial charge is 0.352 e. The fraction of sp³-hybridized carbons (Fsp3) is 0.833. The number of nitrogens with zero attached hydrogens (tertiary/aromatic N) is 4. The first kappa shape index (κ1) is 9.16. The van der Waals surface area contributed by atoms with E-state index < -0.39 is 5.03 Å². The van der Waals surface area contributed by atoms with E-state index in [4.69, 9.17) is 9.57 Å². The summed E-state index contributed by atoms with van der Waals surface area (Å²) in [5, 5.41) is 14.1. The number of hydrogen-bond acceptors (Lipinski definition) is 4. The van der Waals surface area contributed by atoms with Crippen LogP contribution in [0.4, 0.5) is 0 Å². The second kappa shape index (κ2) is 3.39. The summed E-state index contributed by atoms with van der Waals surface area (Å²) in [5.41, 5.74) is 0. The van der Waals surface area contributed by atoms with Crippen LogP contribution in [-0.2, 0) is 9.57 Å². The van der Waals surface area contributed by atoms with E-state index in [0.717, 1.165) is 0 Å². The Hall–Kier alpha value is -1.41. The quantitative estimate of drug-likeness (QED) is 0.403. The van der Waals surface area contributed by atoms with Crippen molar-refractivity contribution < 1.29 is 14.6 Å². The zero-order valence-corrected chi connectivity index (χ0v) is 7.62. The Balaban J connectivity index is 2.19. The van der Waals surface area contributed by atoms with E-state index in [1.807, 2.05) is 0 Å². The lowest BCUT2D eigenvalue weighted by atomic mass is 10.5. The molecule has 0 aliphatic carbocycles. The number of likely N-dealkylation sites (N-methyl/N-ethyl adjacent to an activating group) is 1. The highest BCUT2D eigenvalue weighted by Crippen LogP contribution is 2.19. The molecule has 2 aliphatic rings. The van der Waals surface area contributed by atoms with E-state index in [0.29, 0.717) is 19.8 Å². The predicted octanol–water partition coefficient (Wildman–Crippen LogP) is -0.931. The standard InChI is InChI=1S/C6H10N4O4/c1-8-4-5-9(14-3-2-13-5)6(8)7-10(11)12/h5H,2-4H2,1H3. The van der Waals surface area contributed by atoms with Gasteiger partial charge in [-0.2, -0.15) is 5.06 Å². The fourth-order valence-corrected chi connectivity index (χ4v) is 1.46. The number of ether oxygens (including phenoxy) is 1. The van der Waals surface area contributed by atoms with Crippen molar-refractivity contribution in [3.05, 3.63) is 10.1 Å². The summed E-state index contributed by atoms with van der Waals surface area (Å²) in [4.78, 5) is 17.1. The summed E-state index contributed by atoms with van der Waals surface area (Å²) in [6.45, 7) is 1.41. The Bertz CT molecular complexity index is 281. The molecule has 8 heteroatoms. The monoisotopic (exact) mass is 202 g/mol. The molecule has 1 unspecified atom stereocenters. The van der Waals surface area contributed by atoms with Gasteiger partial charge in [-0.15, -0.1) is 0 Å². The van der Waals surface area contributed by atoms with Crippen LogP contribution < -0.4 is 0 Å². The molecule has 2 fully saturated rings. The number of nitro groups is 1. The number of fused-ring (bicyclic) bond motifs is 1. The molecule has 2 aliphatic heterocycles. The molecule has 0 radical (unpaired) electrons. The van der Waals surface area contributed by atoms with Crippen molar-refractivity contribution in [1.82, 2.24) is 9.96 Å². The van der Waals surface area contributed by atoms with Crippen molar-refractivity contribution in [2.45, 2.75) is 6.23 Å². The number of hydrogen-bond donors (Lipinski definition) is 0. The molecule has 1 atom stereocenters. The molecule has 0 aromatic heterocycles. The Morgan fingerprint density at radius 3 is 3.14 bits per heavy atom. The summed E-state index contributed by atoms with van der Waals surface area (Å²) >= 11 is 0. The molecule has 2 heterocycles. The van der Waals surface area contributed by atoms with Gasteiger partial charge in [0.1, 0.15) is 5.10 Å². The van der Waals surface area contributed by atoms with Crippen molar-refractivity contribution in [3.8, 4) is 0 Å². The molecule has 2 rings (SSSR count). The lowest BCUT2D eigenvalue weighted by molar-refractivity contribution is -0.487. The molecular formula is C6H10N4O4. The lowest BCUT2D eigenvalue weighted by Crippen LogP contribution is -2.42. The van der Waals surface area contributed by atoms with Crippen molar-refractivity contribution in [2.75, 3.05) is 26.8 Å². The Morgan fingerprint density at radius 2 is 2.43 bits per heavy atom. The highest BCUT2D eigenvalue weighted by molar-refractivity contribution is 5.80. The average Bonchev–Trinajstić information content (AvgIpc) is 2.43. The maximum atomic E-state index is 10.2. The molecule has 0 bridgehead atoms. The van der Waals surface area contributed by atoms with Gasteiger partial charge in [0, 0.05) is 7.05 Å². The average molecular weight is 202 g/mol. The molecule has 0 spiro atoms. The third kappa shape index (κ3) is 1.49. The minimum Gasteiger partial charge on any atom is -0.352 e. The van der Waals surface area contributed by atoms with Gasteiger partial charge in [0.25, 0.3) is 5.96 Å². The van der Waals surface area contributed by atoms with Gasteiger partial charge in [0.2, 0.25) is 0 Å². The third-order valence-electron chi connectivity index (χ3n) is 2.03. The Kier molecular flexibility index (Phi) is 2.22. The smallest absolute Gasteiger partial charge is 0.300 e. The molecular weight excluding hydrogens is 192 g/mol. The zero-order valence-electron chi connectivity index (χ0n) is 7.62. The first-order valence-electron chi connectivity index (χ1n) is 4.16. The summed E-state index contributed by atoms with van der Waals surface area (Å²) in [6, 6.07) is 0. The van der Waals surface area contributed by atoms with E-state index in [-0.39, 0.29) is 12.2 Å². The van der Waals surface area contributed by atoms with E-state index in [9.17, 15) is 10.1 Å². The van der Waals surface area contributed by atoms with Crippen LogP contribution in [0, 0.1) is 10.1 Å². The maximum Gasteiger partial charge on any atom is 0.300 e. The molecule has 0 aromatic rings. The van der Waals surface area contributed by atoms with Gasteiger partial charge in [0.15, 0.2) is 11.3 Å². The number of hydroxylamine groups is 2. The molecule has 0 N–H and O–H groups in total. The maximum absolute atomic E-state index is 10.2. The number of rotatable bonds is 1. The molecule has 78 valence electrons. The molecule has 0 amide bonds. The van der Waals surface area contributed by atoms with Crippen LogP contribution in [0.5, 0.6) is 0 Å². The molecule has 0 aromatic carbocycles. The molecule has 0 saturated carbocycles. The summed E-state index contributed by atoms with van der Waals surface area (Å²) in [7, 11) is 1.70. The van der Waals surface area contributed by atoms with Crippen LogP contribution in [-0.4, -0.2) is 54.0 Å². The van der Waals surface area contributed by atoms with Crippen molar-refractivity contribution in [1.29, 1.82) is 0 Å². The van der Waals surface area contributed by atoms with Crippen molar-refractivity contribution in [2.24, 2.45) is 5.10 Å². The minimum absolute atomic E-state index is 0.180. The SMILES string of the molecule is CN1CC2OCCON2C1=N[N+](=O)[O-]. The molecule has 2 saturated heterocycles. The summed E-state index contributed by atoms with van der Waals surface area (Å²) in [5.74, 6) is 0.180. The van der Waals surface area contributed by atoms with E-state index in [1.165, 1.54) is 5.06 Å². The second-order valence-corrected chi connectivity index (χ2v) is 3.00. The van der Waals surface area contributed by atoms with Gasteiger partial charge in [-0.3, -0.25) is 4.84 Å². The van der Waals surface area contributed by atoms with Crippen LogP contribution in [0.1, 0.15) is 0 Å².